The molecule has 1 aliphatic rings. The van der Waals surface area contributed by atoms with E-state index in [2.05, 4.69) is 9.71 Å². The van der Waals surface area contributed by atoms with Crippen molar-refractivity contribution in [1.29, 1.82) is 0 Å². The second kappa shape index (κ2) is 8.07. The number of phenols is 1. The van der Waals surface area contributed by atoms with Gasteiger partial charge in [-0.25, -0.2) is 8.42 Å². The molecule has 0 spiro atoms. The number of nitrogens with zero attached hydrogens (tertiary/aromatic N) is 2. The van der Waals surface area contributed by atoms with Crippen LogP contribution in [0.5, 0.6) is 5.75 Å². The summed E-state index contributed by atoms with van der Waals surface area (Å²) in [4.78, 5) is 18.7. The van der Waals surface area contributed by atoms with Crippen molar-refractivity contribution < 1.29 is 31.5 Å². The number of hydrogen-bond donors (Lipinski definition) is 2. The number of carbonyl (C=O) groups excluding carboxylic acids is 1. The number of benzene rings is 2. The number of rotatable bonds is 4. The van der Waals surface area contributed by atoms with Crippen molar-refractivity contribution in [1.82, 2.24) is 4.98 Å². The third-order valence-electron chi connectivity index (χ3n) is 5.15. The van der Waals surface area contributed by atoms with Crippen molar-refractivity contribution in [3.05, 3.63) is 71.5 Å². The van der Waals surface area contributed by atoms with Gasteiger partial charge >= 0.3 is 6.18 Å². The molecule has 0 fully saturated rings. The van der Waals surface area contributed by atoms with E-state index in [1.807, 2.05) is 0 Å². The monoisotopic (exact) mass is 477 g/mol. The van der Waals surface area contributed by atoms with Crippen LogP contribution in [0, 0.1) is 0 Å². The van der Waals surface area contributed by atoms with E-state index >= 15 is 0 Å². The Morgan fingerprint density at radius 3 is 2.39 bits per heavy atom. The van der Waals surface area contributed by atoms with Crippen LogP contribution in [0.25, 0.3) is 11.1 Å². The lowest BCUT2D eigenvalue weighted by atomic mass is 9.98. The molecule has 4 rings (SSSR count). The lowest BCUT2D eigenvalue weighted by molar-refractivity contribution is -0.137. The smallest absolute Gasteiger partial charge is 0.416 e. The number of sulfonamides is 1. The Kier molecular flexibility index (Phi) is 5.52. The predicted molar refractivity (Wildman–Crippen MR) is 117 cm³/mol. The molecule has 0 saturated carbocycles. The predicted octanol–water partition coefficient (Wildman–Crippen LogP) is 4.05. The number of aromatic hydroxyl groups is 1. The lowest BCUT2D eigenvalue weighted by Crippen LogP contribution is -2.38. The third kappa shape index (κ3) is 4.77. The number of pyridine rings is 1. The molecule has 11 heteroatoms. The normalized spacial score (nSPS) is 14.2. The Hall–Kier alpha value is -3.60. The van der Waals surface area contributed by atoms with E-state index in [0.29, 0.717) is 28.8 Å². The zero-order chi connectivity index (χ0) is 24.0. The van der Waals surface area contributed by atoms with Gasteiger partial charge in [-0.3, -0.25) is 14.5 Å². The van der Waals surface area contributed by atoms with Gasteiger partial charge < -0.3 is 10.0 Å². The summed E-state index contributed by atoms with van der Waals surface area (Å²) in [5.74, 6) is -0.695. The first-order valence-electron chi connectivity index (χ1n) is 9.71. The number of hydrogen-bond acceptors (Lipinski definition) is 5. The fourth-order valence-corrected chi connectivity index (χ4v) is 4.15. The maximum absolute atomic E-state index is 13.0. The van der Waals surface area contributed by atoms with Gasteiger partial charge in [-0.15, -0.1) is 0 Å². The molecule has 33 heavy (non-hydrogen) atoms. The van der Waals surface area contributed by atoms with Crippen LogP contribution < -0.4 is 9.62 Å². The quantitative estimate of drug-likeness (QED) is 0.553. The molecule has 172 valence electrons. The molecule has 1 aromatic heterocycles. The molecule has 7 nitrogen and oxygen atoms in total. The first-order chi connectivity index (χ1) is 15.4. The number of amides is 1. The number of alkyl halides is 3. The number of nitrogens with one attached hydrogen (secondary N) is 1. The molecule has 0 aliphatic carbocycles. The van der Waals surface area contributed by atoms with E-state index in [-0.39, 0.29) is 23.7 Å². The van der Waals surface area contributed by atoms with Crippen LogP contribution in [-0.4, -0.2) is 37.2 Å². The summed E-state index contributed by atoms with van der Waals surface area (Å²) in [7, 11) is -3.64. The van der Waals surface area contributed by atoms with Crippen LogP contribution in [-0.2, 0) is 22.6 Å². The molecule has 2 heterocycles. The Balaban J connectivity index is 1.61. The van der Waals surface area contributed by atoms with E-state index in [9.17, 15) is 31.5 Å². The van der Waals surface area contributed by atoms with Crippen LogP contribution in [0.15, 0.2) is 54.7 Å². The van der Waals surface area contributed by atoms with Crippen LogP contribution >= 0.6 is 0 Å². The number of carbonyl (C=O) groups is 1. The number of halogens is 3. The second-order valence-electron chi connectivity index (χ2n) is 7.59. The summed E-state index contributed by atoms with van der Waals surface area (Å²) in [5.41, 5.74) is 1.56. The molecule has 2 N–H and O–H groups in total. The minimum absolute atomic E-state index is 0.0563. The van der Waals surface area contributed by atoms with Gasteiger partial charge in [0.1, 0.15) is 11.4 Å². The number of fused-ring (bicyclic) bond motifs is 1. The SMILES string of the molecule is CS(=O)(=O)Nc1cc(N2CCc3cc(-c4ccc(C(F)(F)F)cc4)cnc3C2=O)ccc1O. The topological polar surface area (TPSA) is 99.6 Å². The number of anilines is 2. The molecular formula is C22H18F3N3O4S. The van der Waals surface area contributed by atoms with Crippen LogP contribution in [0.4, 0.5) is 24.5 Å². The van der Waals surface area contributed by atoms with Crippen LogP contribution in [0.2, 0.25) is 0 Å². The maximum atomic E-state index is 13.0. The average Bonchev–Trinajstić information content (AvgIpc) is 2.74. The van der Waals surface area contributed by atoms with E-state index in [1.165, 1.54) is 41.4 Å². The minimum atomic E-state index is -4.42. The average molecular weight is 477 g/mol. The fourth-order valence-electron chi connectivity index (χ4n) is 3.58. The van der Waals surface area contributed by atoms with Gasteiger partial charge in [-0.05, 0) is 53.9 Å². The van der Waals surface area contributed by atoms with E-state index < -0.39 is 27.7 Å². The van der Waals surface area contributed by atoms with Gasteiger partial charge in [0.25, 0.3) is 5.91 Å². The first-order valence-corrected chi connectivity index (χ1v) is 11.6. The summed E-state index contributed by atoms with van der Waals surface area (Å²) >= 11 is 0. The van der Waals surface area contributed by atoms with Gasteiger partial charge in [0.05, 0.1) is 17.5 Å². The standard InChI is InChI=1S/C22H18F3N3O4S/c1-33(31,32)27-18-11-17(6-7-19(18)29)28-9-8-14-10-15(12-26-20(14)21(28)30)13-2-4-16(5-3-13)22(23,24)25/h2-7,10-12,27,29H,8-9H2,1H3. The molecule has 3 aromatic rings. The molecular weight excluding hydrogens is 459 g/mol. The third-order valence-corrected chi connectivity index (χ3v) is 5.74. The van der Waals surface area contributed by atoms with Crippen molar-refractivity contribution in [2.24, 2.45) is 0 Å². The lowest BCUT2D eigenvalue weighted by Gasteiger charge is -2.28. The number of aromatic nitrogens is 1. The molecule has 0 unspecified atom stereocenters. The molecule has 0 radical (unpaired) electrons. The highest BCUT2D eigenvalue weighted by molar-refractivity contribution is 7.92. The largest absolute Gasteiger partial charge is 0.506 e. The van der Waals surface area contributed by atoms with E-state index in [4.69, 9.17) is 0 Å². The summed E-state index contributed by atoms with van der Waals surface area (Å²) in [6.07, 6.45) is -1.62. The van der Waals surface area contributed by atoms with Gasteiger partial charge in [-0.2, -0.15) is 13.2 Å². The summed E-state index contributed by atoms with van der Waals surface area (Å²) in [5, 5.41) is 9.92. The van der Waals surface area contributed by atoms with Crippen molar-refractivity contribution in [2.45, 2.75) is 12.6 Å². The zero-order valence-electron chi connectivity index (χ0n) is 17.2. The zero-order valence-corrected chi connectivity index (χ0v) is 18.0. The highest BCUT2D eigenvalue weighted by atomic mass is 32.2. The van der Waals surface area contributed by atoms with Crippen LogP contribution in [0.3, 0.4) is 0 Å². The van der Waals surface area contributed by atoms with Crippen molar-refractivity contribution in [3.63, 3.8) is 0 Å². The summed E-state index contributed by atoms with van der Waals surface area (Å²) in [6.45, 7) is 0.271. The van der Waals surface area contributed by atoms with Gasteiger partial charge in [0.15, 0.2) is 0 Å². The van der Waals surface area contributed by atoms with Gasteiger partial charge in [0.2, 0.25) is 10.0 Å². The van der Waals surface area contributed by atoms with Gasteiger partial charge in [0, 0.05) is 24.0 Å². The number of phenolic OH excluding ortho intramolecular Hbond substituents is 1. The molecule has 0 atom stereocenters. The molecule has 1 aliphatic heterocycles. The fraction of sp³-hybridized carbons (Fsp3) is 0.182. The van der Waals surface area contributed by atoms with Crippen molar-refractivity contribution in [3.8, 4) is 16.9 Å². The van der Waals surface area contributed by atoms with Crippen molar-refractivity contribution >= 4 is 27.3 Å². The summed E-state index contributed by atoms with van der Waals surface area (Å²) in [6, 6.07) is 10.6. The van der Waals surface area contributed by atoms with E-state index in [0.717, 1.165) is 18.4 Å². The second-order valence-corrected chi connectivity index (χ2v) is 9.34. The Morgan fingerprint density at radius 1 is 1.06 bits per heavy atom. The highest BCUT2D eigenvalue weighted by Crippen LogP contribution is 2.34. The Bertz CT molecular complexity index is 1340. The van der Waals surface area contributed by atoms with E-state index in [1.54, 1.807) is 6.07 Å². The molecule has 1 amide bonds. The molecule has 2 aromatic carbocycles. The first kappa shape index (κ1) is 22.6. The summed E-state index contributed by atoms with van der Waals surface area (Å²) < 4.78 is 63.6. The molecule has 0 bridgehead atoms. The highest BCUT2D eigenvalue weighted by Gasteiger charge is 2.30. The Labute approximate surface area is 187 Å². The molecule has 0 saturated heterocycles. The maximum Gasteiger partial charge on any atom is 0.416 e. The van der Waals surface area contributed by atoms with Gasteiger partial charge in [-0.1, -0.05) is 12.1 Å². The minimum Gasteiger partial charge on any atom is -0.506 e. The Morgan fingerprint density at radius 2 is 1.76 bits per heavy atom. The van der Waals surface area contributed by atoms with Crippen LogP contribution in [0.1, 0.15) is 21.6 Å². The van der Waals surface area contributed by atoms with Crippen molar-refractivity contribution in [2.75, 3.05) is 22.4 Å².